The van der Waals surface area contributed by atoms with E-state index in [2.05, 4.69) is 63.8 Å². The molecular formula is C66H90N14O16S2. The molecule has 532 valence electrons. The Kier molecular flexibility index (Phi) is 32.8. The molecule has 10 N–H and O–H groups in total. The van der Waals surface area contributed by atoms with Crippen molar-refractivity contribution in [2.24, 2.45) is 20.5 Å². The van der Waals surface area contributed by atoms with E-state index in [0.717, 1.165) is 5.69 Å². The lowest BCUT2D eigenvalue weighted by Crippen LogP contribution is -2.39. The summed E-state index contributed by atoms with van der Waals surface area (Å²) in [6.07, 6.45) is -2.85. The van der Waals surface area contributed by atoms with Gasteiger partial charge in [-0.3, -0.25) is 9.80 Å². The average molecular weight is 1400 g/mol. The highest BCUT2D eigenvalue weighted by atomic mass is 32.2. The smallest absolute Gasteiger partial charge is 0.183 e. The fraction of sp³-hybridized carbons (Fsp3) is 0.455. The molecule has 0 bridgehead atoms. The third kappa shape index (κ3) is 24.4. The van der Waals surface area contributed by atoms with Gasteiger partial charge in [0.15, 0.2) is 37.1 Å². The maximum Gasteiger partial charge on any atom is 0.183 e. The van der Waals surface area contributed by atoms with Crippen LogP contribution in [0.2, 0.25) is 0 Å². The lowest BCUT2D eigenvalue weighted by atomic mass is 10.1. The highest BCUT2D eigenvalue weighted by Crippen LogP contribution is 2.43. The summed E-state index contributed by atoms with van der Waals surface area (Å²) >= 11 is 0. The summed E-state index contributed by atoms with van der Waals surface area (Å²) in [5.41, 5.74) is 3.70. The van der Waals surface area contributed by atoms with Crippen LogP contribution in [0.3, 0.4) is 0 Å². The summed E-state index contributed by atoms with van der Waals surface area (Å²) in [6.45, 7) is 12.0. The predicted molar refractivity (Wildman–Crippen MR) is 371 cm³/mol. The number of para-hydroxylation sites is 2. The first-order valence-corrected chi connectivity index (χ1v) is 34.5. The van der Waals surface area contributed by atoms with Gasteiger partial charge in [-0.05, 0) is 65.8 Å². The van der Waals surface area contributed by atoms with E-state index in [9.17, 15) is 47.8 Å². The molecule has 0 aliphatic carbocycles. The summed E-state index contributed by atoms with van der Waals surface area (Å²) in [6, 6.07) is 28.3. The van der Waals surface area contributed by atoms with E-state index >= 15 is 0 Å². The molecule has 0 amide bonds. The maximum atomic E-state index is 13.5. The second kappa shape index (κ2) is 40.2. The normalized spacial score (nSPS) is 12.9. The van der Waals surface area contributed by atoms with E-state index in [4.69, 9.17) is 38.6 Å². The number of anilines is 6. The SMILES string of the molecule is COc1cc(S(=O)(=O)CCN(CC(C)O)CC(C)O)c(OC)cc1N=Nc1c(NCCOCCO)nc(Nc2ccccc2)c(C#N)c1C.COc1cc(S(=O)(=O)CCN(CC(C)O)CC(C)O)c(OC)cc1N=Nc1c(Nc2ccccc2)nc(NCCOCCO)c(C#N)c1C. The minimum absolute atomic E-state index is 0.0155. The molecule has 98 heavy (non-hydrogen) atoms. The molecule has 6 rings (SSSR count). The zero-order valence-corrected chi connectivity index (χ0v) is 58.4. The van der Waals surface area contributed by atoms with E-state index in [1.165, 1.54) is 52.7 Å². The van der Waals surface area contributed by atoms with Crippen molar-refractivity contribution in [2.45, 2.75) is 75.7 Å². The van der Waals surface area contributed by atoms with Gasteiger partial charge in [0.25, 0.3) is 0 Å². The van der Waals surface area contributed by atoms with Crippen molar-refractivity contribution in [1.29, 1.82) is 10.5 Å². The maximum absolute atomic E-state index is 13.5. The fourth-order valence-corrected chi connectivity index (χ4v) is 12.7. The first-order valence-electron chi connectivity index (χ1n) is 31.2. The van der Waals surface area contributed by atoms with Crippen LogP contribution in [0.4, 0.5) is 57.4 Å². The number of nitriles is 2. The molecule has 0 fully saturated rings. The quantitative estimate of drug-likeness (QED) is 0.0132. The van der Waals surface area contributed by atoms with Gasteiger partial charge in [0.2, 0.25) is 0 Å². The second-order valence-corrected chi connectivity index (χ2v) is 26.5. The summed E-state index contributed by atoms with van der Waals surface area (Å²) in [7, 11) is -2.44. The van der Waals surface area contributed by atoms with Crippen LogP contribution in [0, 0.1) is 36.5 Å². The molecule has 2 aromatic heterocycles. The van der Waals surface area contributed by atoms with Crippen LogP contribution in [-0.2, 0) is 29.1 Å². The largest absolute Gasteiger partial charge is 0.495 e. The molecule has 0 radical (unpaired) electrons. The number of aliphatic hydroxyl groups excluding tert-OH is 6. The van der Waals surface area contributed by atoms with Crippen molar-refractivity contribution in [3.63, 3.8) is 0 Å². The van der Waals surface area contributed by atoms with Gasteiger partial charge in [-0.15, -0.1) is 20.5 Å². The molecule has 30 nitrogen and oxygen atoms in total. The number of azo groups is 2. The Morgan fingerprint density at radius 1 is 0.500 bits per heavy atom. The van der Waals surface area contributed by atoms with Crippen LogP contribution in [-0.4, -0.2) is 224 Å². The number of aromatic nitrogens is 2. The number of hydrogen-bond donors (Lipinski definition) is 10. The lowest BCUT2D eigenvalue weighted by molar-refractivity contribution is 0.0868. The zero-order chi connectivity index (χ0) is 72.0. The Bertz CT molecular complexity index is 3880. The van der Waals surface area contributed by atoms with Gasteiger partial charge < -0.3 is 80.3 Å². The molecule has 0 saturated heterocycles. The second-order valence-electron chi connectivity index (χ2n) is 22.3. The van der Waals surface area contributed by atoms with Crippen LogP contribution in [0.1, 0.15) is 49.9 Å². The fourth-order valence-electron chi connectivity index (χ4n) is 9.75. The highest BCUT2D eigenvalue weighted by molar-refractivity contribution is 7.91. The van der Waals surface area contributed by atoms with E-state index in [-0.39, 0.29) is 157 Å². The number of pyridine rings is 2. The van der Waals surface area contributed by atoms with Gasteiger partial charge in [0, 0.05) is 99.1 Å². The zero-order valence-electron chi connectivity index (χ0n) is 56.8. The van der Waals surface area contributed by atoms with Crippen molar-refractivity contribution in [1.82, 2.24) is 19.8 Å². The van der Waals surface area contributed by atoms with E-state index < -0.39 is 44.1 Å². The molecule has 4 atom stereocenters. The first kappa shape index (κ1) is 79.9. The topological polar surface area (TPSA) is 422 Å². The number of aliphatic hydroxyl groups is 6. The Morgan fingerprint density at radius 2 is 0.857 bits per heavy atom. The third-order valence-corrected chi connectivity index (χ3v) is 17.7. The van der Waals surface area contributed by atoms with Crippen molar-refractivity contribution >= 4 is 77.1 Å². The monoisotopic (exact) mass is 1400 g/mol. The van der Waals surface area contributed by atoms with Gasteiger partial charge in [0.05, 0.1) is 115 Å². The average Bonchev–Trinajstić information content (AvgIpc) is 0.805. The third-order valence-electron chi connectivity index (χ3n) is 14.2. The molecule has 32 heteroatoms. The summed E-state index contributed by atoms with van der Waals surface area (Å²) in [5, 5.41) is 108. The summed E-state index contributed by atoms with van der Waals surface area (Å²) in [4.78, 5) is 12.4. The number of rotatable bonds is 40. The minimum Gasteiger partial charge on any atom is -0.495 e. The molecule has 0 spiro atoms. The number of ether oxygens (including phenoxy) is 6. The van der Waals surface area contributed by atoms with Crippen molar-refractivity contribution in [3.8, 4) is 35.1 Å². The van der Waals surface area contributed by atoms with E-state index in [1.54, 1.807) is 51.3 Å². The van der Waals surface area contributed by atoms with Crippen LogP contribution >= 0.6 is 0 Å². The number of nitrogens with zero attached hydrogens (tertiary/aromatic N) is 10. The van der Waals surface area contributed by atoms with Crippen molar-refractivity contribution < 1.29 is 75.9 Å². The predicted octanol–water partition coefficient (Wildman–Crippen LogP) is 7.39. The molecule has 4 unspecified atom stereocenters. The molecule has 0 aliphatic heterocycles. The highest BCUT2D eigenvalue weighted by Gasteiger charge is 2.28. The Balaban J connectivity index is 0.000000354. The molecule has 4 aromatic carbocycles. The number of benzene rings is 4. The standard InChI is InChI=1S/2C33H45N7O8S/c1-22(42)20-40(21-23(2)43)12-16-49(44,45)30-18-28(46-4)27(17-29(30)47-5)38-39-31-24(3)26(19-34)32(36-25-9-7-6-8-10-25)37-33(31)35-11-14-48-15-13-41;1-22(42)20-40(21-23(2)43)12-16-49(44,45)30-18-28(46-4)27(17-29(30)47-5)38-39-31-24(3)26(19-34)32(35-11-14-48-15-13-41)37-33(31)36-25-9-7-6-8-10-25/h2*6-10,17-18,22-23,41-43H,11-16,20-21H2,1-5H3,(H2,35,36,37). The Hall–Kier alpha value is -8.74. The molecule has 0 aliphatic rings. The van der Waals surface area contributed by atoms with Crippen LogP contribution in [0.25, 0.3) is 0 Å². The molecule has 6 aromatic rings. The number of nitrogens with one attached hydrogen (secondary N) is 4. The van der Waals surface area contributed by atoms with Crippen LogP contribution in [0.15, 0.2) is 115 Å². The Labute approximate surface area is 572 Å². The number of hydrogen-bond acceptors (Lipinski definition) is 30. The van der Waals surface area contributed by atoms with Gasteiger partial charge >= 0.3 is 0 Å². The van der Waals surface area contributed by atoms with Crippen molar-refractivity contribution in [2.75, 3.05) is 153 Å². The van der Waals surface area contributed by atoms with Crippen LogP contribution < -0.4 is 40.2 Å². The lowest BCUT2D eigenvalue weighted by Gasteiger charge is -2.25. The molecule has 0 saturated carbocycles. The van der Waals surface area contributed by atoms with Crippen LogP contribution in [0.5, 0.6) is 23.0 Å². The Morgan fingerprint density at radius 3 is 1.22 bits per heavy atom. The van der Waals surface area contributed by atoms with Crippen molar-refractivity contribution in [3.05, 3.63) is 107 Å². The van der Waals surface area contributed by atoms with E-state index in [1.807, 2.05) is 60.7 Å². The molecular weight excluding hydrogens is 1310 g/mol. The summed E-state index contributed by atoms with van der Waals surface area (Å²) in [5.74, 6) is 0.840. The first-order chi connectivity index (χ1) is 46.9. The summed E-state index contributed by atoms with van der Waals surface area (Å²) < 4.78 is 86.7. The van der Waals surface area contributed by atoms with Gasteiger partial charge in [0.1, 0.15) is 73.5 Å². The van der Waals surface area contributed by atoms with Gasteiger partial charge in [-0.2, -0.15) is 10.5 Å². The van der Waals surface area contributed by atoms with Gasteiger partial charge in [-0.25, -0.2) is 26.8 Å². The number of methoxy groups -OCH3 is 4. The number of sulfone groups is 2. The van der Waals surface area contributed by atoms with E-state index in [0.29, 0.717) is 53.2 Å². The molecule has 2 heterocycles. The minimum atomic E-state index is -3.93. The van der Waals surface area contributed by atoms with Gasteiger partial charge in [-0.1, -0.05) is 36.4 Å².